The number of carboxylic acids is 1. The summed E-state index contributed by atoms with van der Waals surface area (Å²) in [5.74, 6) is -0.397. The van der Waals surface area contributed by atoms with Crippen molar-refractivity contribution in [2.24, 2.45) is 5.16 Å². The zero-order chi connectivity index (χ0) is 21.4. The van der Waals surface area contributed by atoms with Gasteiger partial charge < -0.3 is 28.9 Å². The third-order valence-corrected chi connectivity index (χ3v) is 4.80. The van der Waals surface area contributed by atoms with Crippen molar-refractivity contribution in [1.82, 2.24) is 0 Å². The van der Waals surface area contributed by atoms with E-state index in [1.54, 1.807) is 18.2 Å². The van der Waals surface area contributed by atoms with Crippen molar-refractivity contribution in [2.45, 2.75) is 0 Å². The summed E-state index contributed by atoms with van der Waals surface area (Å²) in [6.07, 6.45) is 1.32. The van der Waals surface area contributed by atoms with Crippen LogP contribution in [0.5, 0.6) is 23.0 Å². The van der Waals surface area contributed by atoms with Gasteiger partial charge in [-0.25, -0.2) is 4.79 Å². The molecule has 1 aliphatic carbocycles. The number of ketones is 1. The normalized spacial score (nSPS) is 15.5. The fourth-order valence-electron chi connectivity index (χ4n) is 3.52. The Morgan fingerprint density at radius 2 is 1.73 bits per heavy atom. The second-order valence-electron chi connectivity index (χ2n) is 6.32. The Bertz CT molecular complexity index is 1130. The largest absolute Gasteiger partial charge is 0.493 e. The molecule has 1 heterocycles. The Kier molecular flexibility index (Phi) is 4.78. The SMILES string of the molecule is CO/N=C1\C(c2ccc(OC)c(OC)c2C(=O)O)=CC(=O)c2cc3c(cc21)OCO3. The summed E-state index contributed by atoms with van der Waals surface area (Å²) in [6, 6.07) is 6.30. The number of methoxy groups -OCH3 is 2. The van der Waals surface area contributed by atoms with E-state index in [9.17, 15) is 14.7 Å². The van der Waals surface area contributed by atoms with Crippen molar-refractivity contribution in [2.75, 3.05) is 28.1 Å². The maximum absolute atomic E-state index is 12.9. The van der Waals surface area contributed by atoms with E-state index < -0.39 is 5.97 Å². The van der Waals surface area contributed by atoms with Gasteiger partial charge in [0, 0.05) is 22.3 Å². The number of carbonyl (C=O) groups is 2. The first-order valence-corrected chi connectivity index (χ1v) is 8.80. The first kappa shape index (κ1) is 19.3. The van der Waals surface area contributed by atoms with Crippen LogP contribution in [0, 0.1) is 0 Å². The van der Waals surface area contributed by atoms with Crippen LogP contribution in [0.3, 0.4) is 0 Å². The summed E-state index contributed by atoms with van der Waals surface area (Å²) in [5, 5.41) is 14.0. The molecule has 0 saturated heterocycles. The zero-order valence-corrected chi connectivity index (χ0v) is 16.3. The van der Waals surface area contributed by atoms with Gasteiger partial charge in [0.25, 0.3) is 0 Å². The number of carbonyl (C=O) groups excluding carboxylic acids is 1. The van der Waals surface area contributed by atoms with Crippen LogP contribution in [0.4, 0.5) is 0 Å². The lowest BCUT2D eigenvalue weighted by Crippen LogP contribution is -2.19. The maximum atomic E-state index is 12.9. The van der Waals surface area contributed by atoms with Gasteiger partial charge in [-0.2, -0.15) is 0 Å². The van der Waals surface area contributed by atoms with Crippen LogP contribution in [-0.2, 0) is 4.84 Å². The monoisotopic (exact) mass is 411 g/mol. The van der Waals surface area contributed by atoms with Crippen molar-refractivity contribution in [3.63, 3.8) is 0 Å². The number of hydrogen-bond donors (Lipinski definition) is 1. The van der Waals surface area contributed by atoms with Gasteiger partial charge in [-0.1, -0.05) is 5.16 Å². The summed E-state index contributed by atoms with van der Waals surface area (Å²) < 4.78 is 21.3. The number of allylic oxidation sites excluding steroid dienone is 2. The summed E-state index contributed by atoms with van der Waals surface area (Å²) >= 11 is 0. The van der Waals surface area contributed by atoms with Gasteiger partial charge in [0.15, 0.2) is 28.8 Å². The van der Waals surface area contributed by atoms with E-state index in [1.807, 2.05) is 0 Å². The van der Waals surface area contributed by atoms with Crippen LogP contribution in [0.25, 0.3) is 5.57 Å². The van der Waals surface area contributed by atoms with Crippen LogP contribution in [-0.4, -0.2) is 50.7 Å². The van der Waals surface area contributed by atoms with Crippen molar-refractivity contribution in [3.8, 4) is 23.0 Å². The summed E-state index contributed by atoms with van der Waals surface area (Å²) in [7, 11) is 4.11. The van der Waals surface area contributed by atoms with Gasteiger partial charge in [-0.3, -0.25) is 4.79 Å². The minimum Gasteiger partial charge on any atom is -0.493 e. The molecule has 0 saturated carbocycles. The van der Waals surface area contributed by atoms with Crippen molar-refractivity contribution < 1.29 is 38.5 Å². The van der Waals surface area contributed by atoms with Crippen LogP contribution < -0.4 is 18.9 Å². The minimum atomic E-state index is -1.25. The number of aromatic carboxylic acids is 1. The number of hydrogen-bond acceptors (Lipinski definition) is 8. The van der Waals surface area contributed by atoms with Gasteiger partial charge in [0.05, 0.1) is 14.2 Å². The van der Waals surface area contributed by atoms with Gasteiger partial charge in [-0.05, 0) is 30.3 Å². The molecule has 0 amide bonds. The minimum absolute atomic E-state index is 0.0316. The predicted molar refractivity (Wildman–Crippen MR) is 105 cm³/mol. The molecule has 0 atom stereocenters. The van der Waals surface area contributed by atoms with Gasteiger partial charge in [0.2, 0.25) is 6.79 Å². The smallest absolute Gasteiger partial charge is 0.340 e. The standard InChI is InChI=1S/C21H17NO8/c1-26-15-5-4-10(18(21(24)25)20(15)27-2)12-6-14(23)11-7-16-17(30-9-29-16)8-13(11)19(12)22-28-3/h4-8H,9H2,1-3H3,(H,24,25)/b22-19+. The molecule has 0 bridgehead atoms. The lowest BCUT2D eigenvalue weighted by molar-refractivity contribution is 0.0692. The van der Waals surface area contributed by atoms with E-state index in [1.165, 1.54) is 33.5 Å². The Hall–Kier alpha value is -4.01. The van der Waals surface area contributed by atoms with Crippen LogP contribution in [0.15, 0.2) is 35.5 Å². The van der Waals surface area contributed by atoms with Crippen LogP contribution in [0.2, 0.25) is 0 Å². The molecule has 0 spiro atoms. The second kappa shape index (κ2) is 7.43. The maximum Gasteiger partial charge on any atom is 0.340 e. The first-order valence-electron chi connectivity index (χ1n) is 8.80. The third-order valence-electron chi connectivity index (χ3n) is 4.80. The van der Waals surface area contributed by atoms with Crippen LogP contribution >= 0.6 is 0 Å². The summed E-state index contributed by atoms with van der Waals surface area (Å²) in [6.45, 7) is 0.0439. The Labute approximate surface area is 171 Å². The molecule has 2 aromatic rings. The van der Waals surface area contributed by atoms with Gasteiger partial charge in [-0.15, -0.1) is 0 Å². The van der Waals surface area contributed by atoms with E-state index in [-0.39, 0.29) is 46.5 Å². The first-order chi connectivity index (χ1) is 14.5. The predicted octanol–water partition coefficient (Wildman–Crippen LogP) is 2.76. The number of ether oxygens (including phenoxy) is 4. The summed E-state index contributed by atoms with van der Waals surface area (Å²) in [4.78, 5) is 30.0. The fraction of sp³-hybridized carbons (Fsp3) is 0.190. The quantitative estimate of drug-likeness (QED) is 0.748. The molecule has 1 aliphatic heterocycles. The molecular weight excluding hydrogens is 394 g/mol. The van der Waals surface area contributed by atoms with E-state index in [2.05, 4.69) is 5.16 Å². The molecule has 9 nitrogen and oxygen atoms in total. The number of nitrogens with zero attached hydrogens (tertiary/aromatic N) is 1. The third kappa shape index (κ3) is 2.91. The molecule has 154 valence electrons. The Morgan fingerprint density at radius 1 is 1.03 bits per heavy atom. The highest BCUT2D eigenvalue weighted by Crippen LogP contribution is 2.42. The van der Waals surface area contributed by atoms with Crippen molar-refractivity contribution >= 4 is 23.0 Å². The van der Waals surface area contributed by atoms with E-state index >= 15 is 0 Å². The average Bonchev–Trinajstić information content (AvgIpc) is 3.20. The second-order valence-corrected chi connectivity index (χ2v) is 6.32. The van der Waals surface area contributed by atoms with Crippen LogP contribution in [0.1, 0.15) is 31.8 Å². The number of carboxylic acid groups (broad SMARTS) is 1. The molecule has 2 aromatic carbocycles. The molecule has 9 heteroatoms. The number of oxime groups is 1. The lowest BCUT2D eigenvalue weighted by atomic mass is 9.83. The van der Waals surface area contributed by atoms with E-state index in [0.29, 0.717) is 22.6 Å². The fourth-order valence-corrected chi connectivity index (χ4v) is 3.52. The van der Waals surface area contributed by atoms with Crippen molar-refractivity contribution in [1.29, 1.82) is 0 Å². The number of fused-ring (bicyclic) bond motifs is 2. The zero-order valence-electron chi connectivity index (χ0n) is 16.3. The molecule has 2 aliphatic rings. The molecule has 30 heavy (non-hydrogen) atoms. The highest BCUT2D eigenvalue weighted by atomic mass is 16.7. The molecule has 0 radical (unpaired) electrons. The molecular formula is C21H17NO8. The molecule has 1 N–H and O–H groups in total. The summed E-state index contributed by atoms with van der Waals surface area (Å²) in [5.41, 5.74) is 1.40. The average molecular weight is 411 g/mol. The Balaban J connectivity index is 1.97. The highest BCUT2D eigenvalue weighted by molar-refractivity contribution is 6.41. The number of rotatable bonds is 5. The highest BCUT2D eigenvalue weighted by Gasteiger charge is 2.32. The van der Waals surface area contributed by atoms with Gasteiger partial charge in [0.1, 0.15) is 18.4 Å². The molecule has 0 unspecified atom stereocenters. The molecule has 4 rings (SSSR count). The van der Waals surface area contributed by atoms with Gasteiger partial charge >= 0.3 is 5.97 Å². The Morgan fingerprint density at radius 3 is 2.33 bits per heavy atom. The molecule has 0 aromatic heterocycles. The lowest BCUT2D eigenvalue weighted by Gasteiger charge is -2.21. The number of benzene rings is 2. The molecule has 0 fully saturated rings. The van der Waals surface area contributed by atoms with Crippen molar-refractivity contribution in [3.05, 3.63) is 52.6 Å². The van der Waals surface area contributed by atoms with E-state index in [4.69, 9.17) is 23.8 Å². The van der Waals surface area contributed by atoms with E-state index in [0.717, 1.165) is 0 Å². The topological polar surface area (TPSA) is 113 Å².